The monoisotopic (exact) mass is 361 g/mol. The van der Waals surface area contributed by atoms with Gasteiger partial charge in [-0.3, -0.25) is 14.5 Å². The average Bonchev–Trinajstić information content (AvgIpc) is 3.13. The smallest absolute Gasteiger partial charge is 0.325 e. The molecule has 2 aliphatic rings. The number of carbonyl (C=O) groups excluding carboxylic acids is 3. The van der Waals surface area contributed by atoms with Crippen LogP contribution in [0.5, 0.6) is 0 Å². The van der Waals surface area contributed by atoms with Crippen LogP contribution in [-0.2, 0) is 21.5 Å². The number of rotatable bonds is 5. The van der Waals surface area contributed by atoms with Crippen LogP contribution in [0.1, 0.15) is 37.1 Å². The molecule has 0 aromatic carbocycles. The van der Waals surface area contributed by atoms with Gasteiger partial charge in [0.1, 0.15) is 12.1 Å². The topological polar surface area (TPSA) is 69.7 Å². The Morgan fingerprint density at radius 3 is 2.92 bits per heavy atom. The minimum Gasteiger partial charge on any atom is -0.337 e. The zero-order valence-corrected chi connectivity index (χ0v) is 15.4. The van der Waals surface area contributed by atoms with E-state index >= 15 is 0 Å². The third-order valence-corrected chi connectivity index (χ3v) is 5.81. The number of urea groups is 1. The van der Waals surface area contributed by atoms with E-state index in [4.69, 9.17) is 0 Å². The average molecular weight is 361 g/mol. The van der Waals surface area contributed by atoms with Crippen LogP contribution < -0.4 is 5.32 Å². The molecule has 2 heterocycles. The quantitative estimate of drug-likeness (QED) is 0.646. The van der Waals surface area contributed by atoms with Crippen molar-refractivity contribution in [3.63, 3.8) is 0 Å². The molecule has 1 atom stereocenters. The molecule has 134 valence electrons. The summed E-state index contributed by atoms with van der Waals surface area (Å²) in [4.78, 5) is 41.9. The van der Waals surface area contributed by atoms with Gasteiger partial charge in [-0.25, -0.2) is 4.79 Å². The van der Waals surface area contributed by atoms with Gasteiger partial charge in [-0.15, -0.1) is 11.3 Å². The second-order valence-electron chi connectivity index (χ2n) is 6.70. The second-order valence-corrected chi connectivity index (χ2v) is 7.70. The highest BCUT2D eigenvalue weighted by Gasteiger charge is 2.54. The van der Waals surface area contributed by atoms with Crippen LogP contribution in [0.15, 0.2) is 23.6 Å². The van der Waals surface area contributed by atoms with Crippen molar-refractivity contribution in [2.75, 3.05) is 19.6 Å². The number of nitrogens with zero attached hydrogens (tertiary/aromatic N) is 2. The summed E-state index contributed by atoms with van der Waals surface area (Å²) in [6, 6.07) is 1.44. The van der Waals surface area contributed by atoms with Crippen molar-refractivity contribution in [2.45, 2.75) is 38.6 Å². The Kier molecular flexibility index (Phi) is 4.69. The largest absolute Gasteiger partial charge is 0.337 e. The summed E-state index contributed by atoms with van der Waals surface area (Å²) in [5.74, 6) is -0.552. The van der Waals surface area contributed by atoms with Crippen molar-refractivity contribution in [3.8, 4) is 0 Å². The van der Waals surface area contributed by atoms with Gasteiger partial charge in [-0.1, -0.05) is 12.2 Å². The zero-order valence-electron chi connectivity index (χ0n) is 14.6. The van der Waals surface area contributed by atoms with Crippen LogP contribution in [0.4, 0.5) is 4.79 Å². The number of hydrogen-bond acceptors (Lipinski definition) is 4. The molecule has 1 N–H and O–H groups in total. The number of amides is 4. The van der Waals surface area contributed by atoms with Gasteiger partial charge in [0, 0.05) is 23.5 Å². The molecule has 1 aromatic heterocycles. The molecule has 0 saturated carbocycles. The lowest BCUT2D eigenvalue weighted by molar-refractivity contribution is -0.139. The van der Waals surface area contributed by atoms with E-state index in [1.165, 1.54) is 0 Å². The van der Waals surface area contributed by atoms with Crippen LogP contribution >= 0.6 is 11.3 Å². The van der Waals surface area contributed by atoms with E-state index in [0.29, 0.717) is 19.5 Å². The number of aryl methyl sites for hydroxylation is 1. The van der Waals surface area contributed by atoms with Crippen molar-refractivity contribution in [1.82, 2.24) is 15.1 Å². The molecule has 0 bridgehead atoms. The lowest BCUT2D eigenvalue weighted by Crippen LogP contribution is -2.47. The predicted molar refractivity (Wildman–Crippen MR) is 96.2 cm³/mol. The molecular formula is C18H23N3O3S. The molecule has 3 rings (SSSR count). The fourth-order valence-electron chi connectivity index (χ4n) is 3.62. The van der Waals surface area contributed by atoms with Gasteiger partial charge >= 0.3 is 6.03 Å². The lowest BCUT2D eigenvalue weighted by Gasteiger charge is -2.31. The minimum absolute atomic E-state index is 0.229. The van der Waals surface area contributed by atoms with Gasteiger partial charge < -0.3 is 10.2 Å². The van der Waals surface area contributed by atoms with E-state index in [-0.39, 0.29) is 18.4 Å². The Morgan fingerprint density at radius 1 is 1.48 bits per heavy atom. The molecule has 0 unspecified atom stereocenters. The summed E-state index contributed by atoms with van der Waals surface area (Å²) in [6.45, 7) is 8.25. The number of imide groups is 1. The van der Waals surface area contributed by atoms with Gasteiger partial charge in [0.15, 0.2) is 0 Å². The molecule has 1 aromatic rings. The molecular weight excluding hydrogens is 338 g/mol. The van der Waals surface area contributed by atoms with Crippen molar-refractivity contribution < 1.29 is 14.4 Å². The van der Waals surface area contributed by atoms with E-state index < -0.39 is 11.6 Å². The van der Waals surface area contributed by atoms with Crippen LogP contribution in [0.3, 0.4) is 0 Å². The summed E-state index contributed by atoms with van der Waals surface area (Å²) in [5, 5.41) is 4.83. The summed E-state index contributed by atoms with van der Waals surface area (Å²) in [7, 11) is 0. The van der Waals surface area contributed by atoms with Crippen molar-refractivity contribution in [2.24, 2.45) is 0 Å². The van der Waals surface area contributed by atoms with Gasteiger partial charge in [-0.2, -0.15) is 0 Å². The normalized spacial score (nSPS) is 22.1. The number of carbonyl (C=O) groups is 3. The molecule has 1 fully saturated rings. The number of hydrogen-bond donors (Lipinski definition) is 1. The first-order chi connectivity index (χ1) is 11.9. The first kappa shape index (κ1) is 17.7. The summed E-state index contributed by atoms with van der Waals surface area (Å²) >= 11 is 1.61. The van der Waals surface area contributed by atoms with E-state index in [2.05, 4.69) is 11.9 Å². The van der Waals surface area contributed by atoms with E-state index in [1.807, 2.05) is 25.3 Å². The third-order valence-electron chi connectivity index (χ3n) is 4.83. The van der Waals surface area contributed by atoms with Crippen molar-refractivity contribution in [1.29, 1.82) is 0 Å². The zero-order chi connectivity index (χ0) is 18.2. The summed E-state index contributed by atoms with van der Waals surface area (Å²) in [6.07, 6.45) is 2.35. The summed E-state index contributed by atoms with van der Waals surface area (Å²) in [5.41, 5.74) is 0.765. The maximum atomic E-state index is 13.1. The highest BCUT2D eigenvalue weighted by Crippen LogP contribution is 2.42. The maximum absolute atomic E-state index is 13.1. The predicted octanol–water partition coefficient (Wildman–Crippen LogP) is 2.26. The first-order valence-electron chi connectivity index (χ1n) is 8.52. The van der Waals surface area contributed by atoms with E-state index in [9.17, 15) is 14.4 Å². The molecule has 1 spiro atoms. The molecule has 1 saturated heterocycles. The molecule has 1 aliphatic heterocycles. The van der Waals surface area contributed by atoms with Crippen LogP contribution in [0.2, 0.25) is 0 Å². The van der Waals surface area contributed by atoms with Crippen LogP contribution in [0, 0.1) is 0 Å². The Bertz CT molecular complexity index is 742. The fourth-order valence-corrected chi connectivity index (χ4v) is 4.62. The van der Waals surface area contributed by atoms with Crippen LogP contribution in [0.25, 0.3) is 0 Å². The Labute approximate surface area is 151 Å². The first-order valence-corrected chi connectivity index (χ1v) is 9.40. The van der Waals surface area contributed by atoms with E-state index in [0.717, 1.165) is 33.8 Å². The lowest BCUT2D eigenvalue weighted by atomic mass is 9.80. The summed E-state index contributed by atoms with van der Waals surface area (Å²) < 4.78 is 0. The number of nitrogens with one attached hydrogen (secondary N) is 1. The minimum atomic E-state index is -0.990. The van der Waals surface area contributed by atoms with Gasteiger partial charge in [-0.05, 0) is 44.6 Å². The standard InChI is InChI=1S/C18H23N3O3S/c1-4-20(10-12(2)3)15(22)11-21-16(23)18(19-17(21)24)8-5-6-14-13(18)7-9-25-14/h7,9H,2,4-6,8,10-11H2,1,3H3,(H,19,24)/t18-/m1/s1. The highest BCUT2D eigenvalue weighted by atomic mass is 32.1. The molecule has 4 amide bonds. The molecule has 25 heavy (non-hydrogen) atoms. The molecule has 6 nitrogen and oxygen atoms in total. The number of fused-ring (bicyclic) bond motifs is 2. The maximum Gasteiger partial charge on any atom is 0.325 e. The van der Waals surface area contributed by atoms with Crippen molar-refractivity contribution in [3.05, 3.63) is 34.0 Å². The number of likely N-dealkylation sites (N-methyl/N-ethyl adjacent to an activating group) is 1. The molecule has 0 radical (unpaired) electrons. The highest BCUT2D eigenvalue weighted by molar-refractivity contribution is 7.10. The van der Waals surface area contributed by atoms with Crippen molar-refractivity contribution >= 4 is 29.2 Å². The van der Waals surface area contributed by atoms with E-state index in [1.54, 1.807) is 16.2 Å². The second kappa shape index (κ2) is 6.63. The Morgan fingerprint density at radius 2 is 2.24 bits per heavy atom. The fraction of sp³-hybridized carbons (Fsp3) is 0.500. The SMILES string of the molecule is C=C(C)CN(CC)C(=O)CN1C(=O)N[C@@]2(CCCc3sccc32)C1=O. The van der Waals surface area contributed by atoms with Gasteiger partial charge in [0.05, 0.1) is 0 Å². The Balaban J connectivity index is 1.81. The molecule has 1 aliphatic carbocycles. The molecule has 7 heteroatoms. The van der Waals surface area contributed by atoms with Gasteiger partial charge in [0.2, 0.25) is 5.91 Å². The Hall–Kier alpha value is -2.15. The third kappa shape index (κ3) is 2.97. The van der Waals surface area contributed by atoms with Gasteiger partial charge in [0.25, 0.3) is 5.91 Å². The van der Waals surface area contributed by atoms with Crippen LogP contribution in [-0.4, -0.2) is 47.3 Å². The number of thiophene rings is 1.